The fourth-order valence-electron chi connectivity index (χ4n) is 2.57. The number of nitrogens with one attached hydrogen (secondary N) is 1. The van der Waals surface area contributed by atoms with Gasteiger partial charge in [-0.3, -0.25) is 9.89 Å². The first kappa shape index (κ1) is 13.5. The molecule has 0 atom stereocenters. The zero-order chi connectivity index (χ0) is 15.8. The maximum atomic E-state index is 12.6. The zero-order valence-electron chi connectivity index (χ0n) is 12.3. The summed E-state index contributed by atoms with van der Waals surface area (Å²) >= 11 is 0. The van der Waals surface area contributed by atoms with Crippen LogP contribution in [0.15, 0.2) is 53.3 Å². The Bertz CT molecular complexity index is 1030. The predicted molar refractivity (Wildman–Crippen MR) is 87.3 cm³/mol. The lowest BCUT2D eigenvalue weighted by Crippen LogP contribution is -2.33. The summed E-state index contributed by atoms with van der Waals surface area (Å²) in [6, 6.07) is 15.0. The van der Waals surface area contributed by atoms with Gasteiger partial charge in [0.05, 0.1) is 16.3 Å². The summed E-state index contributed by atoms with van der Waals surface area (Å²) in [6.45, 7) is 4.16. The second-order valence-electron chi connectivity index (χ2n) is 5.24. The molecule has 3 aromatic rings. The van der Waals surface area contributed by atoms with E-state index in [0.29, 0.717) is 22.1 Å². The molecule has 114 valence electrons. The number of aromatic nitrogens is 2. The minimum Gasteiger partial charge on any atom is -0.454 e. The minimum absolute atomic E-state index is 0.140. The number of H-pyrrole nitrogens is 1. The molecule has 0 spiro atoms. The van der Waals surface area contributed by atoms with Crippen molar-refractivity contribution in [2.75, 3.05) is 6.79 Å². The molecule has 2 aromatic carbocycles. The van der Waals surface area contributed by atoms with Crippen LogP contribution in [0.5, 0.6) is 11.5 Å². The lowest BCUT2D eigenvalue weighted by molar-refractivity contribution is 0.174. The molecule has 1 aromatic heterocycles. The smallest absolute Gasteiger partial charge is 0.279 e. The molecule has 5 heteroatoms. The van der Waals surface area contributed by atoms with Crippen molar-refractivity contribution in [3.63, 3.8) is 0 Å². The Labute approximate surface area is 131 Å². The Hall–Kier alpha value is -3.21. The van der Waals surface area contributed by atoms with E-state index in [1.165, 1.54) is 4.68 Å². The van der Waals surface area contributed by atoms with Crippen molar-refractivity contribution in [1.82, 2.24) is 9.78 Å². The van der Waals surface area contributed by atoms with Crippen LogP contribution in [0.2, 0.25) is 0 Å². The van der Waals surface area contributed by atoms with Gasteiger partial charge < -0.3 is 9.47 Å². The van der Waals surface area contributed by atoms with Gasteiger partial charge in [0.25, 0.3) is 5.56 Å². The van der Waals surface area contributed by atoms with Crippen LogP contribution in [0.1, 0.15) is 5.56 Å². The van der Waals surface area contributed by atoms with E-state index in [-0.39, 0.29) is 12.4 Å². The van der Waals surface area contributed by atoms with Crippen LogP contribution in [0.3, 0.4) is 0 Å². The van der Waals surface area contributed by atoms with Crippen LogP contribution in [0.25, 0.3) is 18.3 Å². The van der Waals surface area contributed by atoms with Gasteiger partial charge in [0.2, 0.25) is 6.79 Å². The molecule has 5 nitrogen and oxygen atoms in total. The molecule has 0 amide bonds. The third kappa shape index (κ3) is 2.32. The highest BCUT2D eigenvalue weighted by Crippen LogP contribution is 2.32. The largest absolute Gasteiger partial charge is 0.454 e. The van der Waals surface area contributed by atoms with Crippen LogP contribution in [0, 0.1) is 0 Å². The molecule has 0 unspecified atom stereocenters. The summed E-state index contributed by atoms with van der Waals surface area (Å²) in [4.78, 5) is 12.6. The first-order valence-corrected chi connectivity index (χ1v) is 7.19. The number of hydrogen-bond acceptors (Lipinski definition) is 3. The number of aromatic amines is 1. The van der Waals surface area contributed by atoms with Crippen LogP contribution in [0.4, 0.5) is 0 Å². The van der Waals surface area contributed by atoms with E-state index in [9.17, 15) is 4.79 Å². The number of rotatable bonds is 2. The fraction of sp³-hybridized carbons (Fsp3) is 0.0556. The SMILES string of the molecule is C=c1[nH]n(-c2ccccc2)c(=O)/c1=C\c1ccc2c(c1)OCO2. The van der Waals surface area contributed by atoms with E-state index < -0.39 is 0 Å². The molecule has 1 aliphatic rings. The molecule has 2 heterocycles. The van der Waals surface area contributed by atoms with Gasteiger partial charge >= 0.3 is 0 Å². The third-order valence-electron chi connectivity index (χ3n) is 3.73. The molecule has 23 heavy (non-hydrogen) atoms. The summed E-state index contributed by atoms with van der Waals surface area (Å²) < 4.78 is 12.1. The molecule has 0 aliphatic carbocycles. The summed E-state index contributed by atoms with van der Waals surface area (Å²) in [5.74, 6) is 1.40. The summed E-state index contributed by atoms with van der Waals surface area (Å²) in [6.07, 6.45) is 1.79. The Morgan fingerprint density at radius 1 is 1.09 bits per heavy atom. The number of para-hydroxylation sites is 1. The molecule has 0 bridgehead atoms. The molecular formula is C18H14N2O3. The molecular weight excluding hydrogens is 292 g/mol. The highest BCUT2D eigenvalue weighted by atomic mass is 16.7. The normalized spacial score (nSPS) is 13.5. The third-order valence-corrected chi connectivity index (χ3v) is 3.73. The predicted octanol–water partition coefficient (Wildman–Crippen LogP) is 1.13. The number of benzene rings is 2. The number of hydrogen-bond donors (Lipinski definition) is 1. The van der Waals surface area contributed by atoms with Crippen molar-refractivity contribution in [3.8, 4) is 17.2 Å². The van der Waals surface area contributed by atoms with Crippen molar-refractivity contribution in [2.45, 2.75) is 0 Å². The van der Waals surface area contributed by atoms with E-state index in [4.69, 9.17) is 9.47 Å². The van der Waals surface area contributed by atoms with Gasteiger partial charge in [-0.15, -0.1) is 0 Å². The second kappa shape index (κ2) is 5.21. The van der Waals surface area contributed by atoms with Crippen LogP contribution < -0.4 is 25.6 Å². The summed E-state index contributed by atoms with van der Waals surface area (Å²) in [7, 11) is 0. The standard InChI is InChI=1S/C18H14N2O3/c1-12-15(9-13-7-8-16-17(10-13)23-11-22-16)18(21)20(19-12)14-5-3-2-4-6-14/h2-10,19H,1,11H2/b15-9-. The average molecular weight is 306 g/mol. The lowest BCUT2D eigenvalue weighted by atomic mass is 10.1. The van der Waals surface area contributed by atoms with Crippen molar-refractivity contribution in [3.05, 3.63) is 75.0 Å². The van der Waals surface area contributed by atoms with E-state index in [0.717, 1.165) is 11.3 Å². The molecule has 4 rings (SSSR count). The van der Waals surface area contributed by atoms with Crippen LogP contribution in [-0.4, -0.2) is 16.6 Å². The Morgan fingerprint density at radius 3 is 2.70 bits per heavy atom. The van der Waals surface area contributed by atoms with E-state index in [1.807, 2.05) is 48.5 Å². The maximum absolute atomic E-state index is 12.6. The van der Waals surface area contributed by atoms with Crippen LogP contribution >= 0.6 is 0 Å². The number of fused-ring (bicyclic) bond motifs is 1. The quantitative estimate of drug-likeness (QED) is 0.772. The van der Waals surface area contributed by atoms with E-state index in [2.05, 4.69) is 11.7 Å². The minimum atomic E-state index is -0.140. The molecule has 0 saturated heterocycles. The number of ether oxygens (including phenoxy) is 2. The van der Waals surface area contributed by atoms with Gasteiger partial charge in [-0.05, 0) is 35.9 Å². The van der Waals surface area contributed by atoms with E-state index >= 15 is 0 Å². The Morgan fingerprint density at radius 2 is 1.87 bits per heavy atom. The Kier molecular flexibility index (Phi) is 3.05. The monoisotopic (exact) mass is 306 g/mol. The summed E-state index contributed by atoms with van der Waals surface area (Å²) in [5.41, 5.74) is 1.49. The van der Waals surface area contributed by atoms with Gasteiger partial charge in [-0.25, -0.2) is 4.68 Å². The molecule has 0 saturated carbocycles. The molecule has 0 radical (unpaired) electrons. The average Bonchev–Trinajstić information content (AvgIpc) is 3.15. The van der Waals surface area contributed by atoms with Gasteiger partial charge in [0, 0.05) is 0 Å². The second-order valence-corrected chi connectivity index (χ2v) is 5.24. The topological polar surface area (TPSA) is 56.2 Å². The lowest BCUT2D eigenvalue weighted by Gasteiger charge is -1.99. The molecule has 1 N–H and O–H groups in total. The first-order valence-electron chi connectivity index (χ1n) is 7.19. The highest BCUT2D eigenvalue weighted by Gasteiger charge is 2.12. The fourth-order valence-corrected chi connectivity index (χ4v) is 2.57. The highest BCUT2D eigenvalue weighted by molar-refractivity contribution is 5.56. The van der Waals surface area contributed by atoms with Crippen LogP contribution in [-0.2, 0) is 0 Å². The van der Waals surface area contributed by atoms with Crippen molar-refractivity contribution < 1.29 is 9.47 Å². The van der Waals surface area contributed by atoms with Crippen molar-refractivity contribution >= 4 is 12.7 Å². The van der Waals surface area contributed by atoms with Gasteiger partial charge in [0.15, 0.2) is 11.5 Å². The maximum Gasteiger partial charge on any atom is 0.279 e. The van der Waals surface area contributed by atoms with Gasteiger partial charge in [0.1, 0.15) is 0 Å². The Balaban J connectivity index is 1.85. The molecule has 0 fully saturated rings. The van der Waals surface area contributed by atoms with Crippen molar-refractivity contribution in [1.29, 1.82) is 0 Å². The number of nitrogens with zero attached hydrogens (tertiary/aromatic N) is 1. The molecule has 1 aliphatic heterocycles. The van der Waals surface area contributed by atoms with Gasteiger partial charge in [-0.1, -0.05) is 30.8 Å². The first-order chi connectivity index (χ1) is 11.2. The zero-order valence-corrected chi connectivity index (χ0v) is 12.3. The van der Waals surface area contributed by atoms with E-state index in [1.54, 1.807) is 6.08 Å². The summed E-state index contributed by atoms with van der Waals surface area (Å²) in [5, 5.41) is 4.09. The van der Waals surface area contributed by atoms with Gasteiger partial charge in [-0.2, -0.15) is 0 Å². The van der Waals surface area contributed by atoms with Crippen molar-refractivity contribution in [2.24, 2.45) is 0 Å².